The molecule has 0 bridgehead atoms. The number of hydroxylamine groups is 2. The van der Waals surface area contributed by atoms with E-state index in [-0.39, 0.29) is 55.4 Å². The summed E-state index contributed by atoms with van der Waals surface area (Å²) < 4.78 is 0. The van der Waals surface area contributed by atoms with E-state index in [1.54, 1.807) is 0 Å². The van der Waals surface area contributed by atoms with Crippen molar-refractivity contribution in [2.45, 2.75) is 57.8 Å². The lowest BCUT2D eigenvalue weighted by atomic mass is 9.72. The highest BCUT2D eigenvalue weighted by Crippen LogP contribution is 2.39. The summed E-state index contributed by atoms with van der Waals surface area (Å²) in [6, 6.07) is 0. The third kappa shape index (κ3) is 5.56. The van der Waals surface area contributed by atoms with Crippen LogP contribution in [0.2, 0.25) is 0 Å². The maximum Gasteiger partial charge on any atom is 0.336 e. The molecule has 10 nitrogen and oxygen atoms in total. The molecule has 0 aromatic carbocycles. The van der Waals surface area contributed by atoms with Crippen LogP contribution in [0.1, 0.15) is 57.8 Å². The van der Waals surface area contributed by atoms with Crippen LogP contribution in [0.15, 0.2) is 12.2 Å². The van der Waals surface area contributed by atoms with Crippen molar-refractivity contribution in [1.82, 2.24) is 9.96 Å². The molecule has 0 spiro atoms. The average molecular weight is 433 g/mol. The van der Waals surface area contributed by atoms with Gasteiger partial charge in [-0.05, 0) is 43.9 Å². The van der Waals surface area contributed by atoms with E-state index in [1.807, 2.05) is 0 Å². The van der Waals surface area contributed by atoms with Gasteiger partial charge in [-0.2, -0.15) is 0 Å². The van der Waals surface area contributed by atoms with Crippen molar-refractivity contribution in [3.63, 3.8) is 0 Å². The standard InChI is InChI=1S/C21H27N3O7/c22-16(25)4-2-1-3-14-11-13(12-23-17(26)7-8-18(23)27)5-6-15(14)21(30)31-24-19(28)9-10-20(24)29/h7-8,13-15H,1-6,9-12H2,(H2,22,25). The number of unbranched alkanes of at least 4 members (excludes halogenated alkanes) is 1. The molecule has 3 rings (SSSR count). The molecule has 0 radical (unpaired) electrons. The number of rotatable bonds is 9. The molecule has 1 saturated carbocycles. The minimum absolute atomic E-state index is 0.0291. The molecule has 3 aliphatic rings. The van der Waals surface area contributed by atoms with E-state index in [4.69, 9.17) is 10.6 Å². The summed E-state index contributed by atoms with van der Waals surface area (Å²) in [7, 11) is 0. The van der Waals surface area contributed by atoms with Gasteiger partial charge in [-0.25, -0.2) is 4.79 Å². The van der Waals surface area contributed by atoms with Crippen LogP contribution in [0.25, 0.3) is 0 Å². The zero-order valence-corrected chi connectivity index (χ0v) is 17.3. The van der Waals surface area contributed by atoms with Gasteiger partial charge in [0.2, 0.25) is 5.91 Å². The number of amides is 5. The topological polar surface area (TPSA) is 144 Å². The van der Waals surface area contributed by atoms with Crippen LogP contribution < -0.4 is 5.73 Å². The molecule has 5 amide bonds. The molecular formula is C21H27N3O7. The van der Waals surface area contributed by atoms with Gasteiger partial charge in [0.1, 0.15) is 0 Å². The smallest absolute Gasteiger partial charge is 0.336 e. The first-order valence-corrected chi connectivity index (χ1v) is 10.7. The molecule has 2 fully saturated rings. The van der Waals surface area contributed by atoms with Crippen LogP contribution in [-0.2, 0) is 33.6 Å². The Hall–Kier alpha value is -3.04. The monoisotopic (exact) mass is 433 g/mol. The van der Waals surface area contributed by atoms with E-state index >= 15 is 0 Å². The number of carbonyl (C=O) groups excluding carboxylic acids is 6. The van der Waals surface area contributed by atoms with E-state index in [1.165, 1.54) is 17.1 Å². The zero-order valence-electron chi connectivity index (χ0n) is 17.3. The summed E-state index contributed by atoms with van der Waals surface area (Å²) in [4.78, 5) is 77.4. The molecule has 2 heterocycles. The largest absolute Gasteiger partial charge is 0.370 e. The Bertz CT molecular complexity index is 788. The van der Waals surface area contributed by atoms with Crippen molar-refractivity contribution in [2.75, 3.05) is 6.54 Å². The van der Waals surface area contributed by atoms with E-state index in [0.717, 1.165) is 0 Å². The molecule has 31 heavy (non-hydrogen) atoms. The van der Waals surface area contributed by atoms with Gasteiger partial charge in [0.15, 0.2) is 0 Å². The molecular weight excluding hydrogens is 406 g/mol. The van der Waals surface area contributed by atoms with Gasteiger partial charge in [0.25, 0.3) is 23.6 Å². The third-order valence-electron chi connectivity index (χ3n) is 6.17. The molecule has 168 valence electrons. The van der Waals surface area contributed by atoms with E-state index in [9.17, 15) is 28.8 Å². The number of nitrogens with zero attached hydrogens (tertiary/aromatic N) is 2. The highest BCUT2D eigenvalue weighted by Gasteiger charge is 2.41. The SMILES string of the molecule is NC(=O)CCCCC1CC(CN2C(=O)C=CC2=O)CCC1C(=O)ON1C(=O)CCC1=O. The molecule has 1 aliphatic carbocycles. The van der Waals surface area contributed by atoms with Crippen LogP contribution in [0.5, 0.6) is 0 Å². The van der Waals surface area contributed by atoms with Gasteiger partial charge < -0.3 is 10.6 Å². The normalized spacial score (nSPS) is 26.1. The Morgan fingerprint density at radius 3 is 2.26 bits per heavy atom. The highest BCUT2D eigenvalue weighted by atomic mass is 16.7. The highest BCUT2D eigenvalue weighted by molar-refractivity contribution is 6.12. The van der Waals surface area contributed by atoms with Crippen LogP contribution in [0, 0.1) is 17.8 Å². The molecule has 2 N–H and O–H groups in total. The fourth-order valence-corrected chi connectivity index (χ4v) is 4.55. The maximum atomic E-state index is 12.8. The number of nitrogens with two attached hydrogens (primary N) is 1. The lowest BCUT2D eigenvalue weighted by Gasteiger charge is -2.36. The molecule has 2 aliphatic heterocycles. The van der Waals surface area contributed by atoms with Gasteiger partial charge >= 0.3 is 5.97 Å². The first kappa shape index (κ1) is 22.6. The van der Waals surface area contributed by atoms with Gasteiger partial charge in [-0.15, -0.1) is 5.06 Å². The molecule has 1 saturated heterocycles. The lowest BCUT2D eigenvalue weighted by molar-refractivity contribution is -0.203. The number of imide groups is 2. The summed E-state index contributed by atoms with van der Waals surface area (Å²) >= 11 is 0. The fourth-order valence-electron chi connectivity index (χ4n) is 4.55. The maximum absolute atomic E-state index is 12.8. The summed E-state index contributed by atoms with van der Waals surface area (Å²) in [5.41, 5.74) is 5.19. The first-order valence-electron chi connectivity index (χ1n) is 10.7. The van der Waals surface area contributed by atoms with Crippen molar-refractivity contribution in [3.8, 4) is 0 Å². The second kappa shape index (κ2) is 9.84. The lowest BCUT2D eigenvalue weighted by Crippen LogP contribution is -2.41. The van der Waals surface area contributed by atoms with Crippen LogP contribution in [0.4, 0.5) is 0 Å². The summed E-state index contributed by atoms with van der Waals surface area (Å²) in [5, 5.41) is 0.561. The summed E-state index contributed by atoms with van der Waals surface area (Å²) in [6.45, 7) is 0.285. The van der Waals surface area contributed by atoms with Crippen molar-refractivity contribution in [1.29, 1.82) is 0 Å². The number of hydrogen-bond donors (Lipinski definition) is 1. The van der Waals surface area contributed by atoms with Crippen molar-refractivity contribution in [2.24, 2.45) is 23.5 Å². The molecule has 10 heteroatoms. The van der Waals surface area contributed by atoms with E-state index < -0.39 is 23.7 Å². The van der Waals surface area contributed by atoms with Gasteiger partial charge in [0, 0.05) is 38.0 Å². The van der Waals surface area contributed by atoms with Crippen LogP contribution in [-0.4, -0.2) is 52.0 Å². The number of primary amides is 1. The van der Waals surface area contributed by atoms with Crippen LogP contribution >= 0.6 is 0 Å². The van der Waals surface area contributed by atoms with Crippen LogP contribution in [0.3, 0.4) is 0 Å². The average Bonchev–Trinajstić information content (AvgIpc) is 3.21. The second-order valence-corrected chi connectivity index (χ2v) is 8.37. The minimum atomic E-state index is -0.614. The number of hydrogen-bond acceptors (Lipinski definition) is 7. The minimum Gasteiger partial charge on any atom is -0.370 e. The molecule has 3 unspecified atom stereocenters. The fraction of sp³-hybridized carbons (Fsp3) is 0.619. The van der Waals surface area contributed by atoms with Crippen molar-refractivity contribution >= 4 is 35.5 Å². The first-order chi connectivity index (χ1) is 14.8. The quantitative estimate of drug-likeness (QED) is 0.414. The Balaban J connectivity index is 1.62. The van der Waals surface area contributed by atoms with E-state index in [0.29, 0.717) is 43.6 Å². The number of carbonyl (C=O) groups is 6. The Kier molecular flexibility index (Phi) is 7.19. The Morgan fingerprint density at radius 1 is 1.00 bits per heavy atom. The third-order valence-corrected chi connectivity index (χ3v) is 6.17. The Labute approximate surface area is 179 Å². The zero-order chi connectivity index (χ0) is 22.5. The van der Waals surface area contributed by atoms with E-state index in [2.05, 4.69) is 0 Å². The van der Waals surface area contributed by atoms with Crippen molar-refractivity contribution < 1.29 is 33.6 Å². The van der Waals surface area contributed by atoms with Gasteiger partial charge in [-0.3, -0.25) is 28.9 Å². The molecule has 3 atom stereocenters. The van der Waals surface area contributed by atoms with Crippen molar-refractivity contribution in [3.05, 3.63) is 12.2 Å². The predicted molar refractivity (Wildman–Crippen MR) is 105 cm³/mol. The summed E-state index contributed by atoms with van der Waals surface area (Å²) in [5.74, 6) is -3.31. The Morgan fingerprint density at radius 2 is 1.65 bits per heavy atom. The summed E-state index contributed by atoms with van der Waals surface area (Å²) in [6.07, 6.45) is 6.37. The van der Waals surface area contributed by atoms with Gasteiger partial charge in [0.05, 0.1) is 5.92 Å². The van der Waals surface area contributed by atoms with Gasteiger partial charge in [-0.1, -0.05) is 6.42 Å². The second-order valence-electron chi connectivity index (χ2n) is 8.37. The molecule has 0 aromatic rings. The predicted octanol–water partition coefficient (Wildman–Crippen LogP) is 0.597. The molecule has 0 aromatic heterocycles.